The average molecular weight is 382 g/mol. The van der Waals surface area contributed by atoms with E-state index < -0.39 is 10.8 Å². The van der Waals surface area contributed by atoms with E-state index in [4.69, 9.17) is 0 Å². The Morgan fingerprint density at radius 3 is 2.52 bits per heavy atom. The molecule has 2 N–H and O–H groups in total. The van der Waals surface area contributed by atoms with Gasteiger partial charge in [-0.05, 0) is 62.2 Å². The van der Waals surface area contributed by atoms with Crippen LogP contribution in [0.25, 0.3) is 0 Å². The van der Waals surface area contributed by atoms with Crippen LogP contribution in [0.5, 0.6) is 0 Å². The van der Waals surface area contributed by atoms with Gasteiger partial charge in [0.1, 0.15) is 5.69 Å². The lowest BCUT2D eigenvalue weighted by molar-refractivity contribution is -0.385. The number of hydrogen-bond donors (Lipinski definition) is 2. The van der Waals surface area contributed by atoms with Gasteiger partial charge in [-0.2, -0.15) is 5.10 Å². The first-order valence-electron chi connectivity index (χ1n) is 8.21. The van der Waals surface area contributed by atoms with Crippen molar-refractivity contribution >= 4 is 29.0 Å². The fraction of sp³-hybridized carbons (Fsp3) is 0.158. The molecule has 0 unspecified atom stereocenters. The Balaban J connectivity index is 1.73. The van der Waals surface area contributed by atoms with Crippen molar-refractivity contribution in [3.63, 3.8) is 0 Å². The van der Waals surface area contributed by atoms with Crippen molar-refractivity contribution in [3.8, 4) is 0 Å². The lowest BCUT2D eigenvalue weighted by Crippen LogP contribution is -2.14. The fourth-order valence-electron chi connectivity index (χ4n) is 2.55. The van der Waals surface area contributed by atoms with Gasteiger partial charge in [0.25, 0.3) is 5.91 Å². The Kier molecular flexibility index (Phi) is 5.27. The summed E-state index contributed by atoms with van der Waals surface area (Å²) < 4.78 is 0. The molecule has 3 rings (SSSR count). The van der Waals surface area contributed by atoms with Crippen LogP contribution in [0.3, 0.4) is 0 Å². The third-order valence-electron chi connectivity index (χ3n) is 4.00. The highest BCUT2D eigenvalue weighted by atomic mass is 32.2. The van der Waals surface area contributed by atoms with Gasteiger partial charge in [-0.25, -0.2) is 0 Å². The quantitative estimate of drug-likeness (QED) is 0.494. The number of aryl methyl sites for hydroxylation is 3. The number of H-pyrrole nitrogens is 1. The van der Waals surface area contributed by atoms with Gasteiger partial charge in [0.15, 0.2) is 0 Å². The summed E-state index contributed by atoms with van der Waals surface area (Å²) >= 11 is 1.64. The van der Waals surface area contributed by atoms with Gasteiger partial charge in [0, 0.05) is 15.5 Å². The third-order valence-corrected chi connectivity index (χ3v) is 5.16. The first-order valence-corrected chi connectivity index (χ1v) is 9.02. The summed E-state index contributed by atoms with van der Waals surface area (Å²) in [6.07, 6.45) is 0. The minimum Gasteiger partial charge on any atom is -0.320 e. The average Bonchev–Trinajstić information content (AvgIpc) is 3.02. The molecule has 8 heteroatoms. The van der Waals surface area contributed by atoms with Crippen LogP contribution in [0, 0.1) is 30.9 Å². The Hall–Kier alpha value is -3.13. The number of carbonyl (C=O) groups excluding carboxylic acids is 1. The summed E-state index contributed by atoms with van der Waals surface area (Å²) in [6.45, 7) is 5.62. The summed E-state index contributed by atoms with van der Waals surface area (Å²) in [7, 11) is 0. The molecule has 0 aliphatic carbocycles. The number of nitrogens with one attached hydrogen (secondary N) is 2. The molecular weight excluding hydrogens is 364 g/mol. The molecule has 0 aliphatic heterocycles. The maximum Gasteiger partial charge on any atom is 0.322 e. The second-order valence-corrected chi connectivity index (χ2v) is 7.27. The molecule has 0 bridgehead atoms. The zero-order valence-corrected chi connectivity index (χ0v) is 15.9. The topological polar surface area (TPSA) is 101 Å². The molecule has 0 fully saturated rings. The minimum atomic E-state index is -0.624. The number of anilines is 1. The molecule has 7 nitrogen and oxygen atoms in total. The third kappa shape index (κ3) is 4.17. The van der Waals surface area contributed by atoms with Crippen LogP contribution in [0.2, 0.25) is 0 Å². The SMILES string of the molecule is Cc1ccc(C)c(Sc2ccc(NC(=O)c3n[nH]c(C)c3[N+](=O)[O-])cc2)c1. The van der Waals surface area contributed by atoms with Gasteiger partial charge < -0.3 is 5.32 Å². The van der Waals surface area contributed by atoms with E-state index in [1.807, 2.05) is 12.1 Å². The number of nitrogens with zero attached hydrogens (tertiary/aromatic N) is 2. The number of nitro groups is 1. The van der Waals surface area contributed by atoms with Crippen molar-refractivity contribution in [2.45, 2.75) is 30.6 Å². The van der Waals surface area contributed by atoms with E-state index in [0.29, 0.717) is 5.69 Å². The number of aromatic amines is 1. The van der Waals surface area contributed by atoms with Crippen LogP contribution in [-0.2, 0) is 0 Å². The Morgan fingerprint density at radius 2 is 1.85 bits per heavy atom. The Labute approximate surface area is 160 Å². The van der Waals surface area contributed by atoms with E-state index in [-0.39, 0.29) is 17.1 Å². The molecule has 1 heterocycles. The predicted molar refractivity (Wildman–Crippen MR) is 104 cm³/mol. The van der Waals surface area contributed by atoms with E-state index in [1.54, 1.807) is 23.9 Å². The normalized spacial score (nSPS) is 10.6. The summed E-state index contributed by atoms with van der Waals surface area (Å²) in [6, 6.07) is 13.6. The first kappa shape index (κ1) is 18.7. The van der Waals surface area contributed by atoms with Crippen molar-refractivity contribution < 1.29 is 9.72 Å². The summed E-state index contributed by atoms with van der Waals surface area (Å²) in [5, 5.41) is 20.0. The summed E-state index contributed by atoms with van der Waals surface area (Å²) in [5.41, 5.74) is 2.64. The number of hydrogen-bond acceptors (Lipinski definition) is 5. The molecule has 0 aliphatic rings. The summed E-state index contributed by atoms with van der Waals surface area (Å²) in [5.74, 6) is -0.624. The van der Waals surface area contributed by atoms with Crippen LogP contribution >= 0.6 is 11.8 Å². The zero-order chi connectivity index (χ0) is 19.6. The molecule has 0 spiro atoms. The van der Waals surface area contributed by atoms with Crippen molar-refractivity contribution in [2.24, 2.45) is 0 Å². The highest BCUT2D eigenvalue weighted by Crippen LogP contribution is 2.31. The van der Waals surface area contributed by atoms with Crippen LogP contribution in [0.4, 0.5) is 11.4 Å². The molecular formula is C19H18N4O3S. The van der Waals surface area contributed by atoms with Crippen molar-refractivity contribution in [3.05, 3.63) is 75.1 Å². The molecule has 0 saturated heterocycles. The van der Waals surface area contributed by atoms with E-state index in [0.717, 1.165) is 4.90 Å². The van der Waals surface area contributed by atoms with Gasteiger partial charge in [-0.1, -0.05) is 23.9 Å². The standard InChI is InChI=1S/C19H18N4O3S/c1-11-4-5-12(2)16(10-11)27-15-8-6-14(7-9-15)20-19(24)17-18(23(25)26)13(3)21-22-17/h4-10H,1-3H3,(H,20,24)(H,21,22). The molecule has 1 amide bonds. The molecule has 0 radical (unpaired) electrons. The van der Waals surface area contributed by atoms with E-state index in [9.17, 15) is 14.9 Å². The monoisotopic (exact) mass is 382 g/mol. The molecule has 3 aromatic rings. The lowest BCUT2D eigenvalue weighted by Gasteiger charge is -2.08. The van der Waals surface area contributed by atoms with Crippen molar-refractivity contribution in [1.82, 2.24) is 10.2 Å². The second kappa shape index (κ2) is 7.63. The molecule has 0 saturated carbocycles. The highest BCUT2D eigenvalue weighted by Gasteiger charge is 2.27. The molecule has 138 valence electrons. The highest BCUT2D eigenvalue weighted by molar-refractivity contribution is 7.99. The van der Waals surface area contributed by atoms with Gasteiger partial charge in [0.2, 0.25) is 5.69 Å². The molecule has 27 heavy (non-hydrogen) atoms. The van der Waals surface area contributed by atoms with E-state index in [2.05, 4.69) is 47.6 Å². The molecule has 1 aromatic heterocycles. The van der Waals surface area contributed by atoms with Crippen molar-refractivity contribution in [1.29, 1.82) is 0 Å². The van der Waals surface area contributed by atoms with Gasteiger partial charge in [-0.15, -0.1) is 0 Å². The zero-order valence-electron chi connectivity index (χ0n) is 15.1. The second-order valence-electron chi connectivity index (χ2n) is 6.15. The van der Waals surface area contributed by atoms with Gasteiger partial charge >= 0.3 is 5.69 Å². The Bertz CT molecular complexity index is 1010. The van der Waals surface area contributed by atoms with Crippen LogP contribution in [-0.4, -0.2) is 21.0 Å². The maximum atomic E-state index is 12.3. The minimum absolute atomic E-state index is 0.230. The smallest absolute Gasteiger partial charge is 0.320 e. The number of rotatable bonds is 5. The Morgan fingerprint density at radius 1 is 1.15 bits per heavy atom. The number of aromatic nitrogens is 2. The van der Waals surface area contributed by atoms with Crippen LogP contribution < -0.4 is 5.32 Å². The summed E-state index contributed by atoms with van der Waals surface area (Å²) in [4.78, 5) is 25.0. The van der Waals surface area contributed by atoms with Gasteiger partial charge in [-0.3, -0.25) is 20.0 Å². The number of amides is 1. The largest absolute Gasteiger partial charge is 0.322 e. The van der Waals surface area contributed by atoms with Crippen LogP contribution in [0.1, 0.15) is 27.3 Å². The number of carbonyl (C=O) groups is 1. The molecule has 0 atom stereocenters. The lowest BCUT2D eigenvalue weighted by atomic mass is 10.2. The maximum absolute atomic E-state index is 12.3. The van der Waals surface area contributed by atoms with Crippen molar-refractivity contribution in [2.75, 3.05) is 5.32 Å². The fourth-order valence-corrected chi connectivity index (χ4v) is 3.55. The van der Waals surface area contributed by atoms with Crippen LogP contribution in [0.15, 0.2) is 52.3 Å². The molecule has 2 aromatic carbocycles. The van der Waals surface area contributed by atoms with Gasteiger partial charge in [0.05, 0.1) is 4.92 Å². The number of benzene rings is 2. The van der Waals surface area contributed by atoms with E-state index >= 15 is 0 Å². The first-order chi connectivity index (χ1) is 12.8. The predicted octanol–water partition coefficient (Wildman–Crippen LogP) is 4.65. The van der Waals surface area contributed by atoms with E-state index in [1.165, 1.54) is 22.9 Å².